The smallest absolute Gasteiger partial charge is 0.0941 e. The van der Waals surface area contributed by atoms with Crippen molar-refractivity contribution in [1.29, 1.82) is 0 Å². The lowest BCUT2D eigenvalue weighted by Gasteiger charge is -2.17. The van der Waals surface area contributed by atoms with Crippen molar-refractivity contribution in [3.63, 3.8) is 0 Å². The number of nitrogens with two attached hydrogens (primary N) is 1. The van der Waals surface area contributed by atoms with Crippen LogP contribution >= 0.6 is 15.9 Å². The molecule has 0 radical (unpaired) electrons. The molecule has 0 spiro atoms. The second-order valence-electron chi connectivity index (χ2n) is 3.07. The lowest BCUT2D eigenvalue weighted by molar-refractivity contribution is 0.144. The Bertz CT molecular complexity index is 277. The Morgan fingerprint density at radius 2 is 2.23 bits per heavy atom. The van der Waals surface area contributed by atoms with Crippen LogP contribution in [0.4, 0.5) is 0 Å². The lowest BCUT2D eigenvalue weighted by Crippen LogP contribution is -2.27. The highest BCUT2D eigenvalue weighted by Gasteiger charge is 2.14. The summed E-state index contributed by atoms with van der Waals surface area (Å²) >= 11 is 3.35. The first-order chi connectivity index (χ1) is 6.15. The molecule has 0 aliphatic heterocycles. The molecule has 1 rings (SSSR count). The molecule has 0 aromatic heterocycles. The molecule has 0 aliphatic rings. The molecule has 0 saturated carbocycles. The number of benzene rings is 1. The third-order valence-electron chi connectivity index (χ3n) is 2.07. The van der Waals surface area contributed by atoms with Crippen LogP contribution in [0.3, 0.4) is 0 Å². The minimum Gasteiger partial charge on any atom is -0.387 e. The zero-order chi connectivity index (χ0) is 9.84. The lowest BCUT2D eigenvalue weighted by atomic mass is 10.0. The van der Waals surface area contributed by atoms with Crippen LogP contribution in [-0.4, -0.2) is 11.1 Å². The summed E-state index contributed by atoms with van der Waals surface area (Å²) in [7, 11) is 0. The Morgan fingerprint density at radius 1 is 1.54 bits per heavy atom. The highest BCUT2D eigenvalue weighted by atomic mass is 79.9. The van der Waals surface area contributed by atoms with E-state index in [4.69, 9.17) is 5.73 Å². The number of hydrogen-bond donors (Lipinski definition) is 2. The van der Waals surface area contributed by atoms with Crippen LogP contribution in [0.15, 0.2) is 28.7 Å². The Kier molecular flexibility index (Phi) is 3.90. The third kappa shape index (κ3) is 2.79. The van der Waals surface area contributed by atoms with E-state index in [0.717, 1.165) is 16.5 Å². The molecule has 3 heteroatoms. The van der Waals surface area contributed by atoms with Crippen molar-refractivity contribution in [3.05, 3.63) is 34.3 Å². The van der Waals surface area contributed by atoms with Gasteiger partial charge in [-0.25, -0.2) is 0 Å². The molecule has 3 N–H and O–H groups in total. The monoisotopic (exact) mass is 243 g/mol. The van der Waals surface area contributed by atoms with Crippen LogP contribution in [0, 0.1) is 0 Å². The summed E-state index contributed by atoms with van der Waals surface area (Å²) < 4.78 is 0.965. The van der Waals surface area contributed by atoms with Gasteiger partial charge in [0.15, 0.2) is 0 Å². The predicted molar refractivity (Wildman–Crippen MR) is 57.4 cm³/mol. The van der Waals surface area contributed by atoms with Crippen molar-refractivity contribution in [2.75, 3.05) is 0 Å². The van der Waals surface area contributed by atoms with Crippen LogP contribution in [0.25, 0.3) is 0 Å². The van der Waals surface area contributed by atoms with E-state index >= 15 is 0 Å². The van der Waals surface area contributed by atoms with Gasteiger partial charge in [0.2, 0.25) is 0 Å². The van der Waals surface area contributed by atoms with Crippen molar-refractivity contribution in [3.8, 4) is 0 Å². The number of rotatable bonds is 3. The molecular formula is C10H14BrNO. The van der Waals surface area contributed by atoms with E-state index in [0.29, 0.717) is 0 Å². The van der Waals surface area contributed by atoms with Crippen molar-refractivity contribution >= 4 is 15.9 Å². The van der Waals surface area contributed by atoms with Crippen LogP contribution in [0.5, 0.6) is 0 Å². The predicted octanol–water partition coefficient (Wildman–Crippen LogP) is 2.22. The van der Waals surface area contributed by atoms with Gasteiger partial charge in [-0.05, 0) is 24.1 Å². The SMILES string of the molecule is CCC(N)C(O)c1cccc(Br)c1. The van der Waals surface area contributed by atoms with Crippen LogP contribution in [0.1, 0.15) is 25.0 Å². The maximum Gasteiger partial charge on any atom is 0.0941 e. The van der Waals surface area contributed by atoms with Crippen molar-refractivity contribution < 1.29 is 5.11 Å². The van der Waals surface area contributed by atoms with Crippen LogP contribution in [0.2, 0.25) is 0 Å². The second-order valence-corrected chi connectivity index (χ2v) is 3.99. The van der Waals surface area contributed by atoms with Gasteiger partial charge >= 0.3 is 0 Å². The molecule has 0 amide bonds. The molecule has 0 bridgehead atoms. The highest BCUT2D eigenvalue weighted by Crippen LogP contribution is 2.20. The van der Waals surface area contributed by atoms with E-state index in [1.807, 2.05) is 31.2 Å². The zero-order valence-corrected chi connectivity index (χ0v) is 9.16. The Balaban J connectivity index is 2.82. The summed E-state index contributed by atoms with van der Waals surface area (Å²) in [6.45, 7) is 1.96. The molecular weight excluding hydrogens is 230 g/mol. The number of aliphatic hydroxyl groups excluding tert-OH is 1. The molecule has 2 nitrogen and oxygen atoms in total. The van der Waals surface area contributed by atoms with E-state index in [1.54, 1.807) is 0 Å². The fourth-order valence-corrected chi connectivity index (χ4v) is 1.58. The van der Waals surface area contributed by atoms with Crippen molar-refractivity contribution in [2.45, 2.75) is 25.5 Å². The molecule has 13 heavy (non-hydrogen) atoms. The standard InChI is InChI=1S/C10H14BrNO/c1-2-9(12)10(13)7-4-3-5-8(11)6-7/h3-6,9-10,13H,2,12H2,1H3. The largest absolute Gasteiger partial charge is 0.387 e. The number of hydrogen-bond acceptors (Lipinski definition) is 2. The summed E-state index contributed by atoms with van der Waals surface area (Å²) in [5, 5.41) is 9.77. The number of aliphatic hydroxyl groups is 1. The first kappa shape index (κ1) is 10.7. The van der Waals surface area contributed by atoms with Gasteiger partial charge in [-0.1, -0.05) is 35.0 Å². The third-order valence-corrected chi connectivity index (χ3v) is 2.56. The second kappa shape index (κ2) is 4.74. The summed E-state index contributed by atoms with van der Waals surface area (Å²) in [5.41, 5.74) is 6.60. The van der Waals surface area contributed by atoms with Crippen LogP contribution < -0.4 is 5.73 Å². The summed E-state index contributed by atoms with van der Waals surface area (Å²) in [5.74, 6) is 0. The van der Waals surface area contributed by atoms with Gasteiger partial charge in [0, 0.05) is 10.5 Å². The first-order valence-corrected chi connectivity index (χ1v) is 5.13. The zero-order valence-electron chi connectivity index (χ0n) is 7.57. The summed E-state index contributed by atoms with van der Waals surface area (Å²) in [6.07, 6.45) is 0.204. The van der Waals surface area contributed by atoms with E-state index < -0.39 is 6.10 Å². The summed E-state index contributed by atoms with van der Waals surface area (Å²) in [4.78, 5) is 0. The average Bonchev–Trinajstić information content (AvgIpc) is 2.15. The molecule has 72 valence electrons. The van der Waals surface area contributed by atoms with Gasteiger partial charge in [0.1, 0.15) is 0 Å². The van der Waals surface area contributed by atoms with E-state index in [-0.39, 0.29) is 6.04 Å². The molecule has 1 aromatic rings. The first-order valence-electron chi connectivity index (χ1n) is 4.34. The topological polar surface area (TPSA) is 46.2 Å². The highest BCUT2D eigenvalue weighted by molar-refractivity contribution is 9.10. The molecule has 2 unspecified atom stereocenters. The minimum absolute atomic E-state index is 0.186. The quantitative estimate of drug-likeness (QED) is 0.856. The van der Waals surface area contributed by atoms with Gasteiger partial charge in [-0.15, -0.1) is 0 Å². The fourth-order valence-electron chi connectivity index (χ4n) is 1.16. The molecule has 1 aromatic carbocycles. The molecule has 0 saturated heterocycles. The molecule has 0 aliphatic carbocycles. The Morgan fingerprint density at radius 3 is 2.77 bits per heavy atom. The van der Waals surface area contributed by atoms with E-state index in [9.17, 15) is 5.11 Å². The minimum atomic E-state index is -0.567. The normalized spacial score (nSPS) is 15.4. The molecule has 0 heterocycles. The van der Waals surface area contributed by atoms with E-state index in [2.05, 4.69) is 15.9 Å². The van der Waals surface area contributed by atoms with E-state index in [1.165, 1.54) is 0 Å². The van der Waals surface area contributed by atoms with Gasteiger partial charge in [-0.2, -0.15) is 0 Å². The van der Waals surface area contributed by atoms with Gasteiger partial charge in [-0.3, -0.25) is 0 Å². The number of halogens is 1. The maximum absolute atomic E-state index is 9.77. The molecule has 2 atom stereocenters. The van der Waals surface area contributed by atoms with Gasteiger partial charge in [0.05, 0.1) is 6.10 Å². The fraction of sp³-hybridized carbons (Fsp3) is 0.400. The van der Waals surface area contributed by atoms with Crippen LogP contribution in [-0.2, 0) is 0 Å². The van der Waals surface area contributed by atoms with Gasteiger partial charge in [0.25, 0.3) is 0 Å². The molecule has 0 fully saturated rings. The summed E-state index contributed by atoms with van der Waals surface area (Å²) in [6, 6.07) is 7.40. The van der Waals surface area contributed by atoms with Crippen molar-refractivity contribution in [2.24, 2.45) is 5.73 Å². The maximum atomic E-state index is 9.77. The van der Waals surface area contributed by atoms with Gasteiger partial charge < -0.3 is 10.8 Å². The average molecular weight is 244 g/mol. The Hall–Kier alpha value is -0.380. The Labute approximate surface area is 86.9 Å². The van der Waals surface area contributed by atoms with Crippen molar-refractivity contribution in [1.82, 2.24) is 0 Å².